The molecule has 21 heavy (non-hydrogen) atoms. The molecule has 4 heteroatoms. The minimum atomic E-state index is -0.389. The first-order valence-electron chi connectivity index (χ1n) is 6.58. The third-order valence-electron chi connectivity index (χ3n) is 3.19. The van der Waals surface area contributed by atoms with E-state index in [1.807, 2.05) is 59.1 Å². The van der Waals surface area contributed by atoms with Gasteiger partial charge < -0.3 is 4.74 Å². The third kappa shape index (κ3) is 2.56. The fraction of sp³-hybridized carbons (Fsp3) is 0.0588. The lowest BCUT2D eigenvalue weighted by atomic mass is 10.1. The van der Waals surface area contributed by atoms with Gasteiger partial charge in [-0.15, -0.1) is 0 Å². The van der Waals surface area contributed by atoms with Crippen LogP contribution in [0.15, 0.2) is 60.8 Å². The van der Waals surface area contributed by atoms with Gasteiger partial charge in [-0.25, -0.2) is 9.78 Å². The topological polar surface area (TPSA) is 43.6 Å². The number of nitrogens with zero attached hydrogens (tertiary/aromatic N) is 2. The van der Waals surface area contributed by atoms with Crippen molar-refractivity contribution in [2.75, 3.05) is 7.11 Å². The third-order valence-corrected chi connectivity index (χ3v) is 3.19. The highest BCUT2D eigenvalue weighted by Crippen LogP contribution is 2.25. The molecule has 0 aliphatic rings. The Balaban J connectivity index is 2.19. The molecule has 2 heterocycles. The van der Waals surface area contributed by atoms with E-state index in [1.165, 1.54) is 13.2 Å². The molecule has 3 rings (SSSR count). The molecule has 0 aliphatic carbocycles. The number of aromatic nitrogens is 2. The molecule has 0 bridgehead atoms. The van der Waals surface area contributed by atoms with Crippen LogP contribution < -0.4 is 0 Å². The van der Waals surface area contributed by atoms with Crippen LogP contribution in [0.1, 0.15) is 5.69 Å². The zero-order valence-corrected chi connectivity index (χ0v) is 11.6. The van der Waals surface area contributed by atoms with Crippen molar-refractivity contribution in [3.63, 3.8) is 0 Å². The summed E-state index contributed by atoms with van der Waals surface area (Å²) in [5, 5.41) is 0. The smallest absolute Gasteiger partial charge is 0.330 e. The summed E-state index contributed by atoms with van der Waals surface area (Å²) >= 11 is 0. The second kappa shape index (κ2) is 5.63. The Labute approximate surface area is 122 Å². The molecule has 0 atom stereocenters. The van der Waals surface area contributed by atoms with Crippen LogP contribution in [0.2, 0.25) is 0 Å². The number of methoxy groups -OCH3 is 1. The maximum atomic E-state index is 11.4. The Kier molecular flexibility index (Phi) is 3.51. The minimum Gasteiger partial charge on any atom is -0.466 e. The Morgan fingerprint density at radius 2 is 1.90 bits per heavy atom. The fourth-order valence-corrected chi connectivity index (χ4v) is 2.20. The maximum absolute atomic E-state index is 11.4. The van der Waals surface area contributed by atoms with Gasteiger partial charge in [0, 0.05) is 17.8 Å². The van der Waals surface area contributed by atoms with E-state index in [0.29, 0.717) is 0 Å². The summed E-state index contributed by atoms with van der Waals surface area (Å²) in [7, 11) is 1.36. The maximum Gasteiger partial charge on any atom is 0.330 e. The highest BCUT2D eigenvalue weighted by Gasteiger charge is 2.11. The van der Waals surface area contributed by atoms with Crippen LogP contribution >= 0.6 is 0 Å². The Morgan fingerprint density at radius 3 is 2.67 bits per heavy atom. The second-order valence-corrected chi connectivity index (χ2v) is 4.50. The first-order chi connectivity index (χ1) is 10.3. The van der Waals surface area contributed by atoms with Gasteiger partial charge in [0.15, 0.2) is 0 Å². The monoisotopic (exact) mass is 278 g/mol. The van der Waals surface area contributed by atoms with E-state index >= 15 is 0 Å². The number of hydrogen-bond donors (Lipinski definition) is 0. The van der Waals surface area contributed by atoms with Crippen molar-refractivity contribution in [2.24, 2.45) is 0 Å². The van der Waals surface area contributed by atoms with Gasteiger partial charge in [0.1, 0.15) is 5.65 Å². The Hall–Kier alpha value is -2.88. The predicted octanol–water partition coefficient (Wildman–Crippen LogP) is 3.19. The van der Waals surface area contributed by atoms with Crippen LogP contribution in [0.5, 0.6) is 0 Å². The molecular weight excluding hydrogens is 264 g/mol. The van der Waals surface area contributed by atoms with Crippen LogP contribution in [0.25, 0.3) is 23.0 Å². The van der Waals surface area contributed by atoms with Crippen LogP contribution in [-0.4, -0.2) is 22.5 Å². The molecule has 0 spiro atoms. The number of imidazole rings is 1. The Bertz CT molecular complexity index is 804. The normalized spacial score (nSPS) is 11.1. The van der Waals surface area contributed by atoms with Crippen molar-refractivity contribution in [3.05, 3.63) is 66.5 Å². The summed E-state index contributed by atoms with van der Waals surface area (Å²) < 4.78 is 6.60. The second-order valence-electron chi connectivity index (χ2n) is 4.50. The van der Waals surface area contributed by atoms with Gasteiger partial charge in [0.25, 0.3) is 0 Å². The van der Waals surface area contributed by atoms with Gasteiger partial charge in [-0.1, -0.05) is 36.4 Å². The van der Waals surface area contributed by atoms with Crippen molar-refractivity contribution < 1.29 is 9.53 Å². The van der Waals surface area contributed by atoms with E-state index in [9.17, 15) is 4.79 Å². The van der Waals surface area contributed by atoms with E-state index < -0.39 is 0 Å². The molecular formula is C17H14N2O2. The number of pyridine rings is 1. The lowest BCUT2D eigenvalue weighted by Gasteiger charge is -2.00. The van der Waals surface area contributed by atoms with Crippen LogP contribution in [0.3, 0.4) is 0 Å². The summed E-state index contributed by atoms with van der Waals surface area (Å²) in [4.78, 5) is 16.0. The number of ether oxygens (including phenoxy) is 1. The van der Waals surface area contributed by atoms with Gasteiger partial charge in [-0.2, -0.15) is 0 Å². The van der Waals surface area contributed by atoms with Gasteiger partial charge >= 0.3 is 5.97 Å². The average molecular weight is 278 g/mol. The van der Waals surface area contributed by atoms with Crippen molar-refractivity contribution in [3.8, 4) is 11.3 Å². The summed E-state index contributed by atoms with van der Waals surface area (Å²) in [6.07, 6.45) is 5.06. The average Bonchev–Trinajstić information content (AvgIpc) is 2.92. The fourth-order valence-electron chi connectivity index (χ4n) is 2.20. The van der Waals surface area contributed by atoms with Crippen molar-refractivity contribution in [1.82, 2.24) is 9.38 Å². The van der Waals surface area contributed by atoms with Crippen LogP contribution in [-0.2, 0) is 9.53 Å². The molecule has 1 aromatic carbocycles. The molecule has 0 aliphatic heterocycles. The lowest BCUT2D eigenvalue weighted by Crippen LogP contribution is -1.94. The molecule has 0 unspecified atom stereocenters. The summed E-state index contributed by atoms with van der Waals surface area (Å²) in [6, 6.07) is 15.7. The summed E-state index contributed by atoms with van der Waals surface area (Å²) in [6.45, 7) is 0. The number of esters is 1. The highest BCUT2D eigenvalue weighted by atomic mass is 16.5. The summed E-state index contributed by atoms with van der Waals surface area (Å²) in [5.41, 5.74) is 3.52. The molecule has 0 saturated carbocycles. The number of hydrogen-bond acceptors (Lipinski definition) is 3. The van der Waals surface area contributed by atoms with Crippen molar-refractivity contribution in [2.45, 2.75) is 0 Å². The van der Waals surface area contributed by atoms with Gasteiger partial charge in [-0.3, -0.25) is 4.40 Å². The van der Waals surface area contributed by atoms with Gasteiger partial charge in [0.2, 0.25) is 0 Å². The van der Waals surface area contributed by atoms with Gasteiger partial charge in [-0.05, 0) is 18.2 Å². The molecule has 0 saturated heterocycles. The van der Waals surface area contributed by atoms with Crippen molar-refractivity contribution in [1.29, 1.82) is 0 Å². The molecule has 0 radical (unpaired) electrons. The molecule has 2 aromatic heterocycles. The molecule has 104 valence electrons. The zero-order valence-electron chi connectivity index (χ0n) is 11.6. The molecule has 3 aromatic rings. The molecule has 0 N–H and O–H groups in total. The first kappa shape index (κ1) is 13.1. The lowest BCUT2D eigenvalue weighted by molar-refractivity contribution is -0.134. The molecule has 4 nitrogen and oxygen atoms in total. The van der Waals surface area contributed by atoms with E-state index in [4.69, 9.17) is 0 Å². The van der Waals surface area contributed by atoms with E-state index in [2.05, 4.69) is 9.72 Å². The van der Waals surface area contributed by atoms with Crippen LogP contribution in [0.4, 0.5) is 0 Å². The van der Waals surface area contributed by atoms with E-state index in [0.717, 1.165) is 22.6 Å². The van der Waals surface area contributed by atoms with E-state index in [1.54, 1.807) is 6.08 Å². The number of fused-ring (bicyclic) bond motifs is 1. The zero-order chi connectivity index (χ0) is 14.7. The number of rotatable bonds is 3. The molecule has 0 amide bonds. The number of carbonyl (C=O) groups excluding carboxylic acids is 1. The van der Waals surface area contributed by atoms with Crippen LogP contribution in [0, 0.1) is 0 Å². The summed E-state index contributed by atoms with van der Waals surface area (Å²) in [5.74, 6) is -0.389. The minimum absolute atomic E-state index is 0.389. The first-order valence-corrected chi connectivity index (χ1v) is 6.58. The van der Waals surface area contributed by atoms with Crippen molar-refractivity contribution >= 4 is 17.7 Å². The number of carbonyl (C=O) groups is 1. The predicted molar refractivity (Wildman–Crippen MR) is 81.7 cm³/mol. The quantitative estimate of drug-likeness (QED) is 0.546. The SMILES string of the molecule is COC(=O)/C=C/c1c(-c2ccccc2)nc2ccccn12. The standard InChI is InChI=1S/C17H14N2O2/c1-21-16(20)11-10-14-17(13-7-3-2-4-8-13)18-15-9-5-6-12-19(14)15/h2-12H,1H3/b11-10+. The largest absolute Gasteiger partial charge is 0.466 e. The van der Waals surface area contributed by atoms with E-state index in [-0.39, 0.29) is 5.97 Å². The van der Waals surface area contributed by atoms with Gasteiger partial charge in [0.05, 0.1) is 18.5 Å². The molecule has 0 fully saturated rings. The Morgan fingerprint density at radius 1 is 1.14 bits per heavy atom. The highest BCUT2D eigenvalue weighted by molar-refractivity contribution is 5.88. The number of benzene rings is 1.